The van der Waals surface area contributed by atoms with Crippen molar-refractivity contribution in [1.82, 2.24) is 4.90 Å². The Morgan fingerprint density at radius 2 is 1.73 bits per heavy atom. The van der Waals surface area contributed by atoms with Crippen molar-refractivity contribution < 1.29 is 38.7 Å². The van der Waals surface area contributed by atoms with Crippen molar-refractivity contribution in [3.8, 4) is 0 Å². The lowest BCUT2D eigenvalue weighted by Crippen LogP contribution is -2.60. The van der Waals surface area contributed by atoms with Crippen molar-refractivity contribution in [1.29, 1.82) is 0 Å². The molecule has 0 amide bonds. The molecule has 2 spiro atoms. The molecule has 0 aromatic rings. The number of aliphatic hydroxyl groups excluding tert-OH is 1. The van der Waals surface area contributed by atoms with Gasteiger partial charge >= 0.3 is 5.97 Å². The molecule has 5 aliphatic carbocycles. The van der Waals surface area contributed by atoms with Gasteiger partial charge in [-0.1, -0.05) is 34.6 Å². The zero-order valence-electron chi connectivity index (χ0n) is 30.8. The second-order valence-corrected chi connectivity index (χ2v) is 19.3. The Labute approximate surface area is 288 Å². The third-order valence-corrected chi connectivity index (χ3v) is 16.6. The Morgan fingerprint density at radius 1 is 1.02 bits per heavy atom. The van der Waals surface area contributed by atoms with Gasteiger partial charge in [0.15, 0.2) is 12.4 Å². The van der Waals surface area contributed by atoms with Crippen molar-refractivity contribution in [2.24, 2.45) is 50.7 Å². The average molecular weight is 674 g/mol. The molecule has 48 heavy (non-hydrogen) atoms. The summed E-state index contributed by atoms with van der Waals surface area (Å²) in [6, 6.07) is 0.508. The molecule has 3 aliphatic heterocycles. The van der Waals surface area contributed by atoms with Gasteiger partial charge in [0, 0.05) is 18.9 Å². The minimum Gasteiger partial charge on any atom is -0.457 e. The summed E-state index contributed by atoms with van der Waals surface area (Å²) in [5, 5.41) is 23.6. The largest absolute Gasteiger partial charge is 0.457 e. The van der Waals surface area contributed by atoms with E-state index in [1.54, 1.807) is 13.8 Å². The Kier molecular flexibility index (Phi) is 7.93. The summed E-state index contributed by atoms with van der Waals surface area (Å²) in [5.41, 5.74) is -0.943. The van der Waals surface area contributed by atoms with E-state index in [1.165, 1.54) is 32.6 Å². The van der Waals surface area contributed by atoms with Crippen molar-refractivity contribution in [3.63, 3.8) is 0 Å². The lowest BCUT2D eigenvalue weighted by atomic mass is 9.41. The van der Waals surface area contributed by atoms with E-state index >= 15 is 0 Å². The van der Waals surface area contributed by atoms with Crippen LogP contribution in [0.25, 0.3) is 0 Å². The SMILES string of the molecule is CC(=O)OC(C1C[C@@H](C)[C@H]2C(O1)[C@H](O)[C@@]1(C)C3CCC4C(C)(C)C(O[C@H]5CN(C6COC6)CCO5)CCC45CC35CCC21C)C(C)(C)O. The van der Waals surface area contributed by atoms with E-state index in [1.807, 2.05) is 0 Å². The van der Waals surface area contributed by atoms with Gasteiger partial charge in [-0.15, -0.1) is 0 Å². The second kappa shape index (κ2) is 11.1. The van der Waals surface area contributed by atoms with Crippen molar-refractivity contribution in [3.05, 3.63) is 0 Å². The number of rotatable bonds is 6. The lowest BCUT2D eigenvalue weighted by Gasteiger charge is -2.64. The molecular formula is C39H63NO8. The molecule has 2 N–H and O–H groups in total. The van der Waals surface area contributed by atoms with Crippen LogP contribution in [0.1, 0.15) is 107 Å². The highest BCUT2D eigenvalue weighted by atomic mass is 16.7. The molecule has 5 saturated carbocycles. The molecule has 3 saturated heterocycles. The van der Waals surface area contributed by atoms with Crippen LogP contribution in [0.4, 0.5) is 0 Å². The maximum atomic E-state index is 12.6. The van der Waals surface area contributed by atoms with E-state index < -0.39 is 29.9 Å². The molecule has 9 nitrogen and oxygen atoms in total. The first-order valence-corrected chi connectivity index (χ1v) is 19.3. The van der Waals surface area contributed by atoms with Crippen LogP contribution in [0.2, 0.25) is 0 Å². The first-order valence-electron chi connectivity index (χ1n) is 19.3. The fourth-order valence-electron chi connectivity index (χ4n) is 14.3. The molecule has 9 unspecified atom stereocenters. The number of aliphatic hydroxyl groups is 2. The number of carbonyl (C=O) groups excluding carboxylic acids is 1. The first kappa shape index (κ1) is 34.3. The van der Waals surface area contributed by atoms with Crippen molar-refractivity contribution >= 4 is 5.97 Å². The Balaban J connectivity index is 1.03. The van der Waals surface area contributed by atoms with Crippen LogP contribution in [0.3, 0.4) is 0 Å². The van der Waals surface area contributed by atoms with Gasteiger partial charge in [-0.05, 0) is 111 Å². The van der Waals surface area contributed by atoms with E-state index in [4.69, 9.17) is 23.7 Å². The molecule has 3 heterocycles. The quantitative estimate of drug-likeness (QED) is 0.379. The molecule has 272 valence electrons. The third-order valence-electron chi connectivity index (χ3n) is 16.6. The molecule has 0 bridgehead atoms. The van der Waals surface area contributed by atoms with E-state index in [0.29, 0.717) is 29.7 Å². The number of ether oxygens (including phenoxy) is 5. The molecule has 8 fully saturated rings. The predicted molar refractivity (Wildman–Crippen MR) is 179 cm³/mol. The minimum absolute atomic E-state index is 0.0504. The Hall–Kier alpha value is -0.810. The number of morpholine rings is 1. The first-order chi connectivity index (χ1) is 22.5. The van der Waals surface area contributed by atoms with Gasteiger partial charge in [0.05, 0.1) is 62.4 Å². The molecule has 0 aromatic heterocycles. The van der Waals surface area contributed by atoms with Gasteiger partial charge in [0.25, 0.3) is 0 Å². The Morgan fingerprint density at radius 3 is 2.40 bits per heavy atom. The monoisotopic (exact) mass is 673 g/mol. The number of esters is 1. The summed E-state index contributed by atoms with van der Waals surface area (Å²) < 4.78 is 31.1. The van der Waals surface area contributed by atoms with Gasteiger partial charge in [-0.25, -0.2) is 0 Å². The highest BCUT2D eigenvalue weighted by Gasteiger charge is 2.84. The predicted octanol–water partition coefficient (Wildman–Crippen LogP) is 4.94. The smallest absolute Gasteiger partial charge is 0.303 e. The molecule has 0 aromatic carbocycles. The summed E-state index contributed by atoms with van der Waals surface area (Å²) in [5.74, 6) is 1.12. The van der Waals surface area contributed by atoms with Crippen LogP contribution < -0.4 is 0 Å². The van der Waals surface area contributed by atoms with Crippen LogP contribution in [-0.4, -0.2) is 102 Å². The van der Waals surface area contributed by atoms with Gasteiger partial charge in [-0.3, -0.25) is 9.69 Å². The summed E-state index contributed by atoms with van der Waals surface area (Å²) >= 11 is 0. The normalized spacial score (nSPS) is 52.1. The summed E-state index contributed by atoms with van der Waals surface area (Å²) in [6.45, 7) is 21.0. The maximum absolute atomic E-state index is 12.6. The minimum atomic E-state index is -1.25. The van der Waals surface area contributed by atoms with Crippen LogP contribution in [0, 0.1) is 50.7 Å². The van der Waals surface area contributed by atoms with E-state index in [2.05, 4.69) is 39.5 Å². The molecule has 8 rings (SSSR count). The molecular weight excluding hydrogens is 610 g/mol. The molecule has 8 aliphatic rings. The number of hydrogen-bond donors (Lipinski definition) is 2. The molecule has 9 heteroatoms. The van der Waals surface area contributed by atoms with Crippen molar-refractivity contribution in [2.45, 2.75) is 155 Å². The third kappa shape index (κ3) is 4.55. The summed E-state index contributed by atoms with van der Waals surface area (Å²) in [4.78, 5) is 14.6. The lowest BCUT2D eigenvalue weighted by molar-refractivity contribution is -0.256. The van der Waals surface area contributed by atoms with Crippen LogP contribution in [0.15, 0.2) is 0 Å². The average Bonchev–Trinajstić information content (AvgIpc) is 3.61. The van der Waals surface area contributed by atoms with Gasteiger partial charge in [0.2, 0.25) is 0 Å². The van der Waals surface area contributed by atoms with E-state index in [9.17, 15) is 15.0 Å². The zero-order chi connectivity index (χ0) is 34.2. The summed E-state index contributed by atoms with van der Waals surface area (Å²) in [6.07, 6.45) is 6.76. The standard InChI is InChI=1S/C39H63NO8/c1-22-17-25(33(35(5,6)43)46-23(2)41)47-31-30(22)36(7)13-14-39-21-38(39)12-11-28(48-29-18-40(15-16-45-29)24-19-44-20-24)34(3,4)26(38)9-10-27(39)37(36,8)32(31)42/h22,24-33,42-43H,9-21H2,1-8H3/t22-,25?,26?,27?,28?,29+,30+,31?,32+,33?,36?,37-,38?,39?/m1/s1. The second-order valence-electron chi connectivity index (χ2n) is 19.3. The zero-order valence-corrected chi connectivity index (χ0v) is 30.8. The fourth-order valence-corrected chi connectivity index (χ4v) is 14.3. The number of fused-ring (bicyclic) bond motifs is 4. The number of nitrogens with zero attached hydrogens (tertiary/aromatic N) is 1. The van der Waals surface area contributed by atoms with Gasteiger partial charge in [0.1, 0.15) is 0 Å². The number of hydrogen-bond acceptors (Lipinski definition) is 9. The van der Waals surface area contributed by atoms with Gasteiger partial charge < -0.3 is 33.9 Å². The van der Waals surface area contributed by atoms with Crippen LogP contribution >= 0.6 is 0 Å². The fraction of sp³-hybridized carbons (Fsp3) is 0.974. The van der Waals surface area contributed by atoms with Crippen LogP contribution in [0.5, 0.6) is 0 Å². The van der Waals surface area contributed by atoms with Crippen molar-refractivity contribution in [2.75, 3.05) is 32.9 Å². The highest BCUT2D eigenvalue weighted by molar-refractivity contribution is 5.66. The van der Waals surface area contributed by atoms with Crippen LogP contribution in [-0.2, 0) is 28.5 Å². The Bertz CT molecular complexity index is 1280. The van der Waals surface area contributed by atoms with Gasteiger partial charge in [-0.2, -0.15) is 0 Å². The maximum Gasteiger partial charge on any atom is 0.303 e. The summed E-state index contributed by atoms with van der Waals surface area (Å²) in [7, 11) is 0. The van der Waals surface area contributed by atoms with E-state index in [-0.39, 0.29) is 52.0 Å². The number of carbonyl (C=O) groups is 1. The topological polar surface area (TPSA) is 107 Å². The molecule has 0 radical (unpaired) electrons. The molecule has 14 atom stereocenters. The van der Waals surface area contributed by atoms with E-state index in [0.717, 1.165) is 52.2 Å². The highest BCUT2D eigenvalue weighted by Crippen LogP contribution is 2.89.